The first-order valence-electron chi connectivity index (χ1n) is 4.38. The molecule has 0 bridgehead atoms. The first-order valence-corrected chi connectivity index (χ1v) is 6.98. The van der Waals surface area contributed by atoms with E-state index < -0.39 is 31.3 Å². The van der Waals surface area contributed by atoms with E-state index in [4.69, 9.17) is 0 Å². The van der Waals surface area contributed by atoms with Crippen LogP contribution in [0, 0.1) is 15.9 Å². The molecule has 0 saturated heterocycles. The van der Waals surface area contributed by atoms with Crippen molar-refractivity contribution in [2.45, 2.75) is 4.90 Å². The van der Waals surface area contributed by atoms with E-state index in [1.54, 1.807) is 0 Å². The van der Waals surface area contributed by atoms with Gasteiger partial charge in [-0.25, -0.2) is 17.5 Å². The standard InChI is InChI=1S/C8H8BrFN2O4S/c9-3-4-11-17(15,16)8-2-1-6(10)5-7(8)12(13)14/h1-2,5,11H,3-4H2. The highest BCUT2D eigenvalue weighted by molar-refractivity contribution is 9.09. The Labute approximate surface area is 105 Å². The maximum absolute atomic E-state index is 12.8. The number of nitrogens with zero attached hydrogens (tertiary/aromatic N) is 1. The van der Waals surface area contributed by atoms with Crippen molar-refractivity contribution in [3.05, 3.63) is 34.1 Å². The number of hydrogen-bond donors (Lipinski definition) is 1. The molecule has 0 saturated carbocycles. The molecule has 94 valence electrons. The van der Waals surface area contributed by atoms with Gasteiger partial charge in [-0.1, -0.05) is 15.9 Å². The first kappa shape index (κ1) is 14.0. The SMILES string of the molecule is O=[N+]([O-])c1cc(F)ccc1S(=O)(=O)NCCBr. The van der Waals surface area contributed by atoms with Crippen molar-refractivity contribution in [2.75, 3.05) is 11.9 Å². The zero-order valence-electron chi connectivity index (χ0n) is 8.39. The van der Waals surface area contributed by atoms with Gasteiger partial charge in [0.2, 0.25) is 10.0 Å². The fourth-order valence-corrected chi connectivity index (χ4v) is 2.75. The molecule has 0 atom stereocenters. The fourth-order valence-electron chi connectivity index (χ4n) is 1.11. The van der Waals surface area contributed by atoms with Crippen molar-refractivity contribution >= 4 is 31.6 Å². The molecule has 1 aromatic carbocycles. The van der Waals surface area contributed by atoms with Crippen LogP contribution in [0.5, 0.6) is 0 Å². The maximum Gasteiger partial charge on any atom is 0.292 e. The molecule has 0 amide bonds. The predicted molar refractivity (Wildman–Crippen MR) is 62.0 cm³/mol. The van der Waals surface area contributed by atoms with Gasteiger partial charge in [-0.3, -0.25) is 10.1 Å². The van der Waals surface area contributed by atoms with Gasteiger partial charge < -0.3 is 0 Å². The van der Waals surface area contributed by atoms with Gasteiger partial charge in [0.1, 0.15) is 5.82 Å². The number of benzene rings is 1. The van der Waals surface area contributed by atoms with Crippen LogP contribution in [0.4, 0.5) is 10.1 Å². The summed E-state index contributed by atoms with van der Waals surface area (Å²) in [5.41, 5.74) is -0.785. The minimum Gasteiger partial charge on any atom is -0.258 e. The molecule has 0 spiro atoms. The highest BCUT2D eigenvalue weighted by atomic mass is 79.9. The van der Waals surface area contributed by atoms with E-state index in [1.807, 2.05) is 0 Å². The molecule has 1 N–H and O–H groups in total. The molecule has 1 aromatic rings. The summed E-state index contributed by atoms with van der Waals surface area (Å²) in [6, 6.07) is 2.29. The van der Waals surface area contributed by atoms with E-state index in [0.717, 1.165) is 12.1 Å². The van der Waals surface area contributed by atoms with E-state index >= 15 is 0 Å². The Hall–Kier alpha value is -1.06. The number of rotatable bonds is 5. The van der Waals surface area contributed by atoms with Gasteiger partial charge in [0.05, 0.1) is 11.0 Å². The minimum atomic E-state index is -4.00. The van der Waals surface area contributed by atoms with Crippen molar-refractivity contribution in [3.63, 3.8) is 0 Å². The van der Waals surface area contributed by atoms with Crippen LogP contribution in [-0.2, 0) is 10.0 Å². The molecule has 0 heterocycles. The molecule has 17 heavy (non-hydrogen) atoms. The zero-order chi connectivity index (χ0) is 13.1. The van der Waals surface area contributed by atoms with E-state index in [-0.39, 0.29) is 6.54 Å². The number of nitro benzene ring substituents is 1. The summed E-state index contributed by atoms with van der Waals surface area (Å²) >= 11 is 3.01. The normalized spacial score (nSPS) is 11.4. The summed E-state index contributed by atoms with van der Waals surface area (Å²) in [5, 5.41) is 11.0. The molecule has 0 aromatic heterocycles. The lowest BCUT2D eigenvalue weighted by Crippen LogP contribution is -2.26. The van der Waals surface area contributed by atoms with Crippen LogP contribution >= 0.6 is 15.9 Å². The number of sulfonamides is 1. The summed E-state index contributed by atoms with van der Waals surface area (Å²) in [4.78, 5) is 9.14. The van der Waals surface area contributed by atoms with E-state index in [2.05, 4.69) is 20.7 Å². The van der Waals surface area contributed by atoms with Crippen LogP contribution in [0.2, 0.25) is 0 Å². The monoisotopic (exact) mass is 326 g/mol. The summed E-state index contributed by atoms with van der Waals surface area (Å²) in [5.74, 6) is -0.865. The van der Waals surface area contributed by atoms with Crippen LogP contribution in [0.1, 0.15) is 0 Å². The second-order valence-electron chi connectivity index (χ2n) is 2.96. The minimum absolute atomic E-state index is 0.0802. The predicted octanol–water partition coefficient (Wildman–Crippen LogP) is 1.41. The molecule has 0 radical (unpaired) electrons. The molecular formula is C8H8BrFN2O4S. The van der Waals surface area contributed by atoms with Crippen molar-refractivity contribution in [1.29, 1.82) is 0 Å². The topological polar surface area (TPSA) is 89.3 Å². The molecule has 0 unspecified atom stereocenters. The second kappa shape index (κ2) is 5.52. The lowest BCUT2D eigenvalue weighted by Gasteiger charge is -2.05. The van der Waals surface area contributed by atoms with Crippen LogP contribution < -0.4 is 4.72 Å². The second-order valence-corrected chi connectivity index (χ2v) is 5.48. The van der Waals surface area contributed by atoms with Crippen LogP contribution in [0.3, 0.4) is 0 Å². The lowest BCUT2D eigenvalue weighted by molar-refractivity contribution is -0.388. The Morgan fingerprint density at radius 3 is 2.65 bits per heavy atom. The third-order valence-corrected chi connectivity index (χ3v) is 3.70. The van der Waals surface area contributed by atoms with E-state index in [9.17, 15) is 22.9 Å². The molecular weight excluding hydrogens is 319 g/mol. The highest BCUT2D eigenvalue weighted by Gasteiger charge is 2.25. The van der Waals surface area contributed by atoms with Gasteiger partial charge in [0.15, 0.2) is 4.90 Å². The molecule has 9 heteroatoms. The fraction of sp³-hybridized carbons (Fsp3) is 0.250. The Kier molecular flexibility index (Phi) is 4.54. The highest BCUT2D eigenvalue weighted by Crippen LogP contribution is 2.24. The van der Waals surface area contributed by atoms with E-state index in [1.165, 1.54) is 0 Å². The number of alkyl halides is 1. The molecule has 0 fully saturated rings. The molecule has 6 nitrogen and oxygen atoms in total. The average Bonchev–Trinajstić information content (AvgIpc) is 2.26. The van der Waals surface area contributed by atoms with Gasteiger partial charge in [0, 0.05) is 11.9 Å². The number of halogens is 2. The Morgan fingerprint density at radius 1 is 1.47 bits per heavy atom. The van der Waals surface area contributed by atoms with Crippen molar-refractivity contribution in [2.24, 2.45) is 0 Å². The Morgan fingerprint density at radius 2 is 2.12 bits per heavy atom. The van der Waals surface area contributed by atoms with Crippen LogP contribution in [0.25, 0.3) is 0 Å². The van der Waals surface area contributed by atoms with Gasteiger partial charge in [-0.05, 0) is 12.1 Å². The Balaban J connectivity index is 3.26. The molecule has 1 rings (SSSR count). The maximum atomic E-state index is 12.8. The largest absolute Gasteiger partial charge is 0.292 e. The summed E-state index contributed by atoms with van der Waals surface area (Å²) < 4.78 is 38.3. The van der Waals surface area contributed by atoms with Gasteiger partial charge >= 0.3 is 0 Å². The number of nitrogens with one attached hydrogen (secondary N) is 1. The molecule has 0 aliphatic rings. The van der Waals surface area contributed by atoms with Crippen molar-refractivity contribution < 1.29 is 17.7 Å². The lowest BCUT2D eigenvalue weighted by atomic mass is 10.3. The average molecular weight is 327 g/mol. The van der Waals surface area contributed by atoms with Crippen LogP contribution in [-0.4, -0.2) is 25.2 Å². The third-order valence-electron chi connectivity index (χ3n) is 1.79. The van der Waals surface area contributed by atoms with Crippen LogP contribution in [0.15, 0.2) is 23.1 Å². The van der Waals surface area contributed by atoms with Gasteiger partial charge in [0.25, 0.3) is 5.69 Å². The summed E-state index contributed by atoms with van der Waals surface area (Å²) in [7, 11) is -4.00. The third kappa shape index (κ3) is 3.45. The first-order chi connectivity index (χ1) is 7.88. The molecule has 0 aliphatic carbocycles. The van der Waals surface area contributed by atoms with Crippen molar-refractivity contribution in [3.8, 4) is 0 Å². The summed E-state index contributed by atoms with van der Waals surface area (Å²) in [6.07, 6.45) is 0. The summed E-state index contributed by atoms with van der Waals surface area (Å²) in [6.45, 7) is 0.0802. The van der Waals surface area contributed by atoms with Gasteiger partial charge in [-0.15, -0.1) is 0 Å². The number of hydrogen-bond acceptors (Lipinski definition) is 4. The zero-order valence-corrected chi connectivity index (χ0v) is 10.8. The Bertz CT molecular complexity index is 534. The number of nitro groups is 1. The van der Waals surface area contributed by atoms with Crippen molar-refractivity contribution in [1.82, 2.24) is 4.72 Å². The smallest absolute Gasteiger partial charge is 0.258 e. The van der Waals surface area contributed by atoms with Gasteiger partial charge in [-0.2, -0.15) is 0 Å². The molecule has 0 aliphatic heterocycles. The van der Waals surface area contributed by atoms with E-state index in [0.29, 0.717) is 11.4 Å². The quantitative estimate of drug-likeness (QED) is 0.503.